The number of rotatable bonds is 4. The summed E-state index contributed by atoms with van der Waals surface area (Å²) in [4.78, 5) is 11.6. The van der Waals surface area contributed by atoms with E-state index in [1.54, 1.807) is 6.07 Å². The van der Waals surface area contributed by atoms with E-state index in [9.17, 15) is 9.18 Å². The Morgan fingerprint density at radius 2 is 2.00 bits per heavy atom. The molecule has 1 aliphatic carbocycles. The van der Waals surface area contributed by atoms with E-state index in [2.05, 4.69) is 10.5 Å². The molecule has 0 saturated heterocycles. The highest BCUT2D eigenvalue weighted by atomic mass is 19.1. The first-order valence-corrected chi connectivity index (χ1v) is 6.97. The van der Waals surface area contributed by atoms with Crippen molar-refractivity contribution in [2.75, 3.05) is 6.61 Å². The lowest BCUT2D eigenvalue weighted by molar-refractivity contribution is -0.123. The van der Waals surface area contributed by atoms with Gasteiger partial charge in [-0.05, 0) is 37.8 Å². The van der Waals surface area contributed by atoms with Crippen LogP contribution in [-0.2, 0) is 4.79 Å². The van der Waals surface area contributed by atoms with Gasteiger partial charge in [0.25, 0.3) is 5.91 Å². The molecule has 5 heteroatoms. The molecule has 1 amide bonds. The van der Waals surface area contributed by atoms with Crippen LogP contribution in [0.1, 0.15) is 38.5 Å². The van der Waals surface area contributed by atoms with E-state index in [0.717, 1.165) is 31.4 Å². The Bertz CT molecular complexity index is 479. The highest BCUT2D eigenvalue weighted by Crippen LogP contribution is 2.14. The second-order valence-electron chi connectivity index (χ2n) is 4.87. The Kier molecular flexibility index (Phi) is 5.53. The van der Waals surface area contributed by atoms with Crippen LogP contribution in [0, 0.1) is 5.82 Å². The van der Waals surface area contributed by atoms with Crippen molar-refractivity contribution in [3.63, 3.8) is 0 Å². The monoisotopic (exact) mass is 278 g/mol. The lowest BCUT2D eigenvalue weighted by atomic mass is 10.2. The van der Waals surface area contributed by atoms with Crippen molar-refractivity contribution < 1.29 is 13.9 Å². The van der Waals surface area contributed by atoms with Crippen molar-refractivity contribution in [1.82, 2.24) is 5.43 Å². The number of halogens is 1. The Hall–Kier alpha value is -1.91. The van der Waals surface area contributed by atoms with Crippen LogP contribution in [0.5, 0.6) is 5.75 Å². The molecule has 108 valence electrons. The normalized spacial score (nSPS) is 15.3. The summed E-state index contributed by atoms with van der Waals surface area (Å²) in [5.41, 5.74) is 3.54. The van der Waals surface area contributed by atoms with E-state index < -0.39 is 0 Å². The molecule has 1 fully saturated rings. The number of carbonyl (C=O) groups excluding carboxylic acids is 1. The molecule has 0 aromatic heterocycles. The van der Waals surface area contributed by atoms with Crippen LogP contribution >= 0.6 is 0 Å². The van der Waals surface area contributed by atoms with Crippen molar-refractivity contribution in [2.45, 2.75) is 38.5 Å². The minimum atomic E-state index is -0.387. The molecule has 0 aliphatic heterocycles. The third-order valence-corrected chi connectivity index (χ3v) is 3.19. The summed E-state index contributed by atoms with van der Waals surface area (Å²) in [5.74, 6) is -0.380. The zero-order valence-electron chi connectivity index (χ0n) is 11.4. The SMILES string of the molecule is O=C(COc1cccc(F)c1)NN=C1CCCCCC1. The maximum Gasteiger partial charge on any atom is 0.277 e. The topological polar surface area (TPSA) is 50.7 Å². The summed E-state index contributed by atoms with van der Waals surface area (Å²) in [7, 11) is 0. The predicted molar refractivity (Wildman–Crippen MR) is 75.2 cm³/mol. The van der Waals surface area contributed by atoms with Gasteiger partial charge in [0, 0.05) is 11.8 Å². The molecule has 1 saturated carbocycles. The van der Waals surface area contributed by atoms with Gasteiger partial charge in [-0.2, -0.15) is 5.10 Å². The molecule has 0 unspecified atom stereocenters. The highest BCUT2D eigenvalue weighted by Gasteiger charge is 2.07. The second-order valence-corrected chi connectivity index (χ2v) is 4.87. The molecule has 0 atom stereocenters. The van der Waals surface area contributed by atoms with Gasteiger partial charge in [-0.25, -0.2) is 9.82 Å². The van der Waals surface area contributed by atoms with E-state index in [0.29, 0.717) is 5.75 Å². The maximum atomic E-state index is 12.9. The van der Waals surface area contributed by atoms with Crippen molar-refractivity contribution in [1.29, 1.82) is 0 Å². The minimum Gasteiger partial charge on any atom is -0.484 e. The third-order valence-electron chi connectivity index (χ3n) is 3.19. The number of benzene rings is 1. The number of nitrogens with one attached hydrogen (secondary N) is 1. The maximum absolute atomic E-state index is 12.9. The fourth-order valence-electron chi connectivity index (χ4n) is 2.13. The average Bonchev–Trinajstić information content (AvgIpc) is 2.71. The van der Waals surface area contributed by atoms with Crippen molar-refractivity contribution in [2.24, 2.45) is 5.10 Å². The van der Waals surface area contributed by atoms with Crippen LogP contribution in [0.3, 0.4) is 0 Å². The molecule has 1 aliphatic rings. The molecule has 1 aromatic carbocycles. The molecule has 1 aromatic rings. The zero-order chi connectivity index (χ0) is 14.2. The van der Waals surface area contributed by atoms with E-state index >= 15 is 0 Å². The van der Waals surface area contributed by atoms with E-state index in [4.69, 9.17) is 4.74 Å². The fraction of sp³-hybridized carbons (Fsp3) is 0.467. The van der Waals surface area contributed by atoms with Crippen LogP contribution in [0.4, 0.5) is 4.39 Å². The molecule has 0 radical (unpaired) electrons. The Morgan fingerprint density at radius 3 is 2.70 bits per heavy atom. The number of carbonyl (C=O) groups is 1. The van der Waals surface area contributed by atoms with Gasteiger partial charge >= 0.3 is 0 Å². The van der Waals surface area contributed by atoms with E-state index in [-0.39, 0.29) is 18.3 Å². The molecule has 2 rings (SSSR count). The first-order chi connectivity index (χ1) is 9.74. The molecule has 20 heavy (non-hydrogen) atoms. The van der Waals surface area contributed by atoms with Gasteiger partial charge in [0.15, 0.2) is 6.61 Å². The Morgan fingerprint density at radius 1 is 1.25 bits per heavy atom. The van der Waals surface area contributed by atoms with Gasteiger partial charge in [-0.3, -0.25) is 4.79 Å². The Balaban J connectivity index is 1.76. The summed E-state index contributed by atoms with van der Waals surface area (Å²) in [5, 5.41) is 4.14. The molecule has 0 bridgehead atoms. The first-order valence-electron chi connectivity index (χ1n) is 6.97. The molecule has 4 nitrogen and oxygen atoms in total. The molecular weight excluding hydrogens is 259 g/mol. The fourth-order valence-corrected chi connectivity index (χ4v) is 2.13. The van der Waals surface area contributed by atoms with Gasteiger partial charge in [0.2, 0.25) is 0 Å². The van der Waals surface area contributed by atoms with Crippen molar-refractivity contribution in [3.05, 3.63) is 30.1 Å². The molecule has 1 N–H and O–H groups in total. The molecule has 0 heterocycles. The van der Waals surface area contributed by atoms with Gasteiger partial charge in [0.05, 0.1) is 0 Å². The summed E-state index contributed by atoms with van der Waals surface area (Å²) in [6, 6.07) is 5.71. The van der Waals surface area contributed by atoms with Gasteiger partial charge in [-0.1, -0.05) is 18.9 Å². The van der Waals surface area contributed by atoms with E-state index in [1.807, 2.05) is 0 Å². The quantitative estimate of drug-likeness (QED) is 0.680. The minimum absolute atomic E-state index is 0.166. The Labute approximate surface area is 118 Å². The lowest BCUT2D eigenvalue weighted by Crippen LogP contribution is -2.25. The van der Waals surface area contributed by atoms with Crippen LogP contribution in [0.15, 0.2) is 29.4 Å². The number of amides is 1. The third kappa shape index (κ3) is 4.99. The zero-order valence-corrected chi connectivity index (χ0v) is 11.4. The van der Waals surface area contributed by atoms with Crippen LogP contribution in [0.2, 0.25) is 0 Å². The number of ether oxygens (including phenoxy) is 1. The lowest BCUT2D eigenvalue weighted by Gasteiger charge is -2.06. The molecule has 0 spiro atoms. The standard InChI is InChI=1S/C15H19FN2O2/c16-12-6-5-9-14(10-12)20-11-15(19)18-17-13-7-3-1-2-4-8-13/h5-6,9-10H,1-4,7-8,11H2,(H,18,19). The summed E-state index contributed by atoms with van der Waals surface area (Å²) >= 11 is 0. The first kappa shape index (κ1) is 14.5. The number of hydrogen-bond acceptors (Lipinski definition) is 3. The predicted octanol–water partition coefficient (Wildman–Crippen LogP) is 3.03. The number of hydrazone groups is 1. The van der Waals surface area contributed by atoms with Gasteiger partial charge in [0.1, 0.15) is 11.6 Å². The van der Waals surface area contributed by atoms with Crippen LogP contribution < -0.4 is 10.2 Å². The second kappa shape index (κ2) is 7.62. The van der Waals surface area contributed by atoms with Crippen molar-refractivity contribution >= 4 is 11.6 Å². The van der Waals surface area contributed by atoms with Crippen LogP contribution in [-0.4, -0.2) is 18.2 Å². The summed E-state index contributed by atoms with van der Waals surface area (Å²) in [6.07, 6.45) is 6.63. The van der Waals surface area contributed by atoms with Crippen LogP contribution in [0.25, 0.3) is 0 Å². The number of hydrogen-bond donors (Lipinski definition) is 1. The van der Waals surface area contributed by atoms with Gasteiger partial charge < -0.3 is 4.74 Å². The molecular formula is C15H19FN2O2. The largest absolute Gasteiger partial charge is 0.484 e. The summed E-state index contributed by atoms with van der Waals surface area (Å²) < 4.78 is 18.1. The van der Waals surface area contributed by atoms with E-state index in [1.165, 1.54) is 31.0 Å². The van der Waals surface area contributed by atoms with Crippen molar-refractivity contribution in [3.8, 4) is 5.75 Å². The summed E-state index contributed by atoms with van der Waals surface area (Å²) in [6.45, 7) is -0.166. The smallest absolute Gasteiger partial charge is 0.277 e. The highest BCUT2D eigenvalue weighted by molar-refractivity contribution is 5.86. The number of nitrogens with zero attached hydrogens (tertiary/aromatic N) is 1. The van der Waals surface area contributed by atoms with Gasteiger partial charge in [-0.15, -0.1) is 0 Å². The average molecular weight is 278 g/mol.